The first-order valence-electron chi connectivity index (χ1n) is 5.73. The van der Waals surface area contributed by atoms with Gasteiger partial charge >= 0.3 is 6.18 Å². The summed E-state index contributed by atoms with van der Waals surface area (Å²) in [7, 11) is 0. The van der Waals surface area contributed by atoms with Crippen molar-refractivity contribution in [3.63, 3.8) is 0 Å². The molecule has 2 rings (SSSR count). The summed E-state index contributed by atoms with van der Waals surface area (Å²) in [6.45, 7) is 1.93. The minimum atomic E-state index is -4.38. The molecule has 1 atom stereocenters. The van der Waals surface area contributed by atoms with E-state index in [1.54, 1.807) is 0 Å². The average Bonchev–Trinajstić information content (AvgIpc) is 2.37. The summed E-state index contributed by atoms with van der Waals surface area (Å²) < 4.78 is 37.3. The molecule has 1 aromatic heterocycles. The predicted molar refractivity (Wildman–Crippen MR) is 66.4 cm³/mol. The highest BCUT2D eigenvalue weighted by molar-refractivity contribution is 5.31. The maximum atomic E-state index is 12.4. The Labute approximate surface area is 109 Å². The van der Waals surface area contributed by atoms with E-state index in [0.29, 0.717) is 5.69 Å². The molecule has 2 N–H and O–H groups in total. The van der Waals surface area contributed by atoms with Gasteiger partial charge in [-0.1, -0.05) is 29.8 Å². The van der Waals surface area contributed by atoms with Gasteiger partial charge < -0.3 is 5.73 Å². The predicted octanol–water partition coefficient (Wildman–Crippen LogP) is 3.46. The normalized spacial score (nSPS) is 13.3. The van der Waals surface area contributed by atoms with Crippen LogP contribution in [0.4, 0.5) is 13.2 Å². The molecule has 0 saturated carbocycles. The summed E-state index contributed by atoms with van der Waals surface area (Å²) in [5.41, 5.74) is 7.51. The smallest absolute Gasteiger partial charge is 0.319 e. The quantitative estimate of drug-likeness (QED) is 0.904. The number of rotatable bonds is 2. The first kappa shape index (κ1) is 13.5. The molecule has 1 unspecified atom stereocenters. The standard InChI is InChI=1S/C14H13F3N2/c1-9-3-2-4-10(7-9)13(18)12-6-5-11(8-19-12)14(15,16)17/h2-8,13H,18H2,1H3. The number of nitrogens with two attached hydrogens (primary N) is 1. The molecule has 5 heteroatoms. The summed E-state index contributed by atoms with van der Waals surface area (Å²) in [4.78, 5) is 3.81. The lowest BCUT2D eigenvalue weighted by molar-refractivity contribution is -0.137. The molecule has 0 amide bonds. The Morgan fingerprint density at radius 3 is 2.42 bits per heavy atom. The van der Waals surface area contributed by atoms with Crippen LogP contribution in [0.1, 0.15) is 28.4 Å². The summed E-state index contributed by atoms with van der Waals surface area (Å²) in [6.07, 6.45) is -3.57. The number of nitrogens with zero attached hydrogens (tertiary/aromatic N) is 1. The lowest BCUT2D eigenvalue weighted by Crippen LogP contribution is -2.14. The lowest BCUT2D eigenvalue weighted by Gasteiger charge is -2.13. The zero-order chi connectivity index (χ0) is 14.0. The molecular formula is C14H13F3N2. The molecule has 0 aliphatic heterocycles. The number of halogens is 3. The van der Waals surface area contributed by atoms with Gasteiger partial charge in [-0.25, -0.2) is 0 Å². The fourth-order valence-electron chi connectivity index (χ4n) is 1.79. The van der Waals surface area contributed by atoms with Gasteiger partial charge in [-0.3, -0.25) is 4.98 Å². The Bertz CT molecular complexity index is 562. The van der Waals surface area contributed by atoms with Crippen molar-refractivity contribution in [2.24, 2.45) is 5.73 Å². The third-order valence-corrected chi connectivity index (χ3v) is 2.83. The second kappa shape index (κ2) is 5.01. The van der Waals surface area contributed by atoms with Crippen molar-refractivity contribution < 1.29 is 13.2 Å². The maximum absolute atomic E-state index is 12.4. The molecule has 0 aliphatic rings. The Kier molecular flexibility index (Phi) is 3.57. The number of aromatic nitrogens is 1. The molecule has 0 aliphatic carbocycles. The van der Waals surface area contributed by atoms with Gasteiger partial charge in [0.05, 0.1) is 17.3 Å². The van der Waals surface area contributed by atoms with Crippen LogP contribution in [0.3, 0.4) is 0 Å². The highest BCUT2D eigenvalue weighted by Crippen LogP contribution is 2.29. The van der Waals surface area contributed by atoms with Crippen LogP contribution >= 0.6 is 0 Å². The SMILES string of the molecule is Cc1cccc(C(N)c2ccc(C(F)(F)F)cn2)c1. The van der Waals surface area contributed by atoms with Crippen LogP contribution in [-0.4, -0.2) is 4.98 Å². The lowest BCUT2D eigenvalue weighted by atomic mass is 10.0. The number of hydrogen-bond donors (Lipinski definition) is 1. The molecule has 0 fully saturated rings. The van der Waals surface area contributed by atoms with Crippen LogP contribution in [0, 0.1) is 6.92 Å². The Morgan fingerprint density at radius 1 is 1.16 bits per heavy atom. The van der Waals surface area contributed by atoms with Crippen molar-refractivity contribution in [1.29, 1.82) is 0 Å². The van der Waals surface area contributed by atoms with Crippen LogP contribution in [0.15, 0.2) is 42.6 Å². The van der Waals surface area contributed by atoms with E-state index in [9.17, 15) is 13.2 Å². The van der Waals surface area contributed by atoms with Crippen molar-refractivity contribution in [3.8, 4) is 0 Å². The monoisotopic (exact) mass is 266 g/mol. The van der Waals surface area contributed by atoms with E-state index >= 15 is 0 Å². The molecular weight excluding hydrogens is 253 g/mol. The topological polar surface area (TPSA) is 38.9 Å². The van der Waals surface area contributed by atoms with Crippen LogP contribution < -0.4 is 5.73 Å². The van der Waals surface area contributed by atoms with Crippen LogP contribution in [0.2, 0.25) is 0 Å². The van der Waals surface area contributed by atoms with Crippen molar-refractivity contribution in [3.05, 3.63) is 65.0 Å². The van der Waals surface area contributed by atoms with Crippen molar-refractivity contribution >= 4 is 0 Å². The van der Waals surface area contributed by atoms with Crippen molar-refractivity contribution in [1.82, 2.24) is 4.98 Å². The molecule has 0 radical (unpaired) electrons. The number of pyridine rings is 1. The second-order valence-electron chi connectivity index (χ2n) is 4.36. The van der Waals surface area contributed by atoms with Crippen LogP contribution in [0.5, 0.6) is 0 Å². The van der Waals surface area contributed by atoms with E-state index in [4.69, 9.17) is 5.73 Å². The maximum Gasteiger partial charge on any atom is 0.417 e. The van der Waals surface area contributed by atoms with Gasteiger partial charge in [0.1, 0.15) is 0 Å². The summed E-state index contributed by atoms with van der Waals surface area (Å²) in [6, 6.07) is 9.29. The van der Waals surface area contributed by atoms with Crippen molar-refractivity contribution in [2.45, 2.75) is 19.1 Å². The minimum Gasteiger partial charge on any atom is -0.319 e. The number of alkyl halides is 3. The molecule has 19 heavy (non-hydrogen) atoms. The first-order chi connectivity index (χ1) is 8.88. The van der Waals surface area contributed by atoms with Gasteiger partial charge in [0, 0.05) is 6.20 Å². The van der Waals surface area contributed by atoms with Gasteiger partial charge in [-0.2, -0.15) is 13.2 Å². The van der Waals surface area contributed by atoms with Gasteiger partial charge in [0.25, 0.3) is 0 Å². The minimum absolute atomic E-state index is 0.415. The van der Waals surface area contributed by atoms with E-state index in [0.717, 1.165) is 23.4 Å². The average molecular weight is 266 g/mol. The van der Waals surface area contributed by atoms with Gasteiger partial charge in [0.2, 0.25) is 0 Å². The Hall–Kier alpha value is -1.88. The zero-order valence-electron chi connectivity index (χ0n) is 10.3. The fraction of sp³-hybridized carbons (Fsp3) is 0.214. The molecule has 2 aromatic rings. The number of benzene rings is 1. The number of hydrogen-bond acceptors (Lipinski definition) is 2. The summed E-state index contributed by atoms with van der Waals surface area (Å²) in [5, 5.41) is 0. The zero-order valence-corrected chi connectivity index (χ0v) is 10.3. The molecule has 0 spiro atoms. The largest absolute Gasteiger partial charge is 0.417 e. The van der Waals surface area contributed by atoms with Crippen LogP contribution in [0.25, 0.3) is 0 Å². The highest BCUT2D eigenvalue weighted by atomic mass is 19.4. The fourth-order valence-corrected chi connectivity index (χ4v) is 1.79. The van der Waals surface area contributed by atoms with Gasteiger partial charge in [-0.15, -0.1) is 0 Å². The Morgan fingerprint density at radius 2 is 1.89 bits per heavy atom. The number of aryl methyl sites for hydroxylation is 1. The first-order valence-corrected chi connectivity index (χ1v) is 5.73. The van der Waals surface area contributed by atoms with E-state index < -0.39 is 17.8 Å². The van der Waals surface area contributed by atoms with E-state index in [-0.39, 0.29) is 0 Å². The van der Waals surface area contributed by atoms with Crippen LogP contribution in [-0.2, 0) is 6.18 Å². The van der Waals surface area contributed by atoms with Crippen molar-refractivity contribution in [2.75, 3.05) is 0 Å². The second-order valence-corrected chi connectivity index (χ2v) is 4.36. The molecule has 100 valence electrons. The molecule has 2 nitrogen and oxygen atoms in total. The van der Waals surface area contributed by atoms with E-state index in [1.165, 1.54) is 6.07 Å². The van der Waals surface area contributed by atoms with E-state index in [2.05, 4.69) is 4.98 Å². The molecule has 1 aromatic carbocycles. The highest BCUT2D eigenvalue weighted by Gasteiger charge is 2.30. The summed E-state index contributed by atoms with van der Waals surface area (Å²) >= 11 is 0. The molecule has 0 saturated heterocycles. The van der Waals surface area contributed by atoms with Gasteiger partial charge in [-0.05, 0) is 24.6 Å². The third-order valence-electron chi connectivity index (χ3n) is 2.83. The molecule has 0 bridgehead atoms. The van der Waals surface area contributed by atoms with Gasteiger partial charge in [0.15, 0.2) is 0 Å². The summed E-state index contributed by atoms with van der Waals surface area (Å²) in [5.74, 6) is 0. The van der Waals surface area contributed by atoms with E-state index in [1.807, 2.05) is 31.2 Å². The molecule has 1 heterocycles. The third kappa shape index (κ3) is 3.12. The Balaban J connectivity index is 2.27.